The lowest BCUT2D eigenvalue weighted by molar-refractivity contribution is -0.138. The van der Waals surface area contributed by atoms with E-state index in [1.54, 1.807) is 0 Å². The highest BCUT2D eigenvalue weighted by atomic mass is 16.6. The van der Waals surface area contributed by atoms with Crippen molar-refractivity contribution in [3.63, 3.8) is 0 Å². The van der Waals surface area contributed by atoms with E-state index in [0.717, 1.165) is 83.1 Å². The number of rotatable bonds is 24. The van der Waals surface area contributed by atoms with E-state index in [0.29, 0.717) is 5.92 Å². The highest BCUT2D eigenvalue weighted by Crippen LogP contribution is 2.49. The van der Waals surface area contributed by atoms with Gasteiger partial charge in [0.05, 0.1) is 16.7 Å². The second-order valence-electron chi connectivity index (χ2n) is 13.0. The molecule has 0 aliphatic rings. The predicted octanol–water partition coefficient (Wildman–Crippen LogP) is 10.8. The zero-order valence-electron chi connectivity index (χ0n) is 28.4. The zero-order valence-corrected chi connectivity index (χ0v) is 28.4. The van der Waals surface area contributed by atoms with Gasteiger partial charge in [0.2, 0.25) is 0 Å². The summed E-state index contributed by atoms with van der Waals surface area (Å²) in [6, 6.07) is 3.68. The smallest absolute Gasteiger partial charge is 0.339 e. The largest absolute Gasteiger partial charge is 0.478 e. The molecule has 4 atom stereocenters. The van der Waals surface area contributed by atoms with E-state index in [9.17, 15) is 24.6 Å². The van der Waals surface area contributed by atoms with Gasteiger partial charge in [-0.25, -0.2) is 14.4 Å². The molecule has 0 saturated heterocycles. The highest BCUT2D eigenvalue weighted by molar-refractivity contribution is 6.04. The molecule has 246 valence electrons. The van der Waals surface area contributed by atoms with Crippen LogP contribution < -0.4 is 0 Å². The van der Waals surface area contributed by atoms with Gasteiger partial charge in [-0.05, 0) is 55.2 Å². The molecule has 6 nitrogen and oxygen atoms in total. The Morgan fingerprint density at radius 2 is 1.16 bits per heavy atom. The van der Waals surface area contributed by atoms with E-state index < -0.39 is 23.5 Å². The molecular weight excluding hydrogens is 540 g/mol. The van der Waals surface area contributed by atoms with Crippen molar-refractivity contribution in [1.82, 2.24) is 0 Å². The summed E-state index contributed by atoms with van der Waals surface area (Å²) in [5.41, 5.74) is -1.33. The Bertz CT molecular complexity index is 956. The van der Waals surface area contributed by atoms with Crippen LogP contribution in [-0.4, -0.2) is 33.7 Å². The van der Waals surface area contributed by atoms with Crippen LogP contribution in [0.1, 0.15) is 182 Å². The van der Waals surface area contributed by atoms with E-state index in [-0.39, 0.29) is 34.4 Å². The molecule has 0 aliphatic heterocycles. The topological polar surface area (TPSA) is 101 Å². The summed E-state index contributed by atoms with van der Waals surface area (Å²) in [6.07, 6.45) is 17.4. The van der Waals surface area contributed by atoms with Crippen LogP contribution in [0.5, 0.6) is 0 Å². The molecule has 0 aliphatic carbocycles. The van der Waals surface area contributed by atoms with Gasteiger partial charge in [-0.3, -0.25) is 0 Å². The zero-order chi connectivity index (χ0) is 32.4. The maximum Gasteiger partial charge on any atom is 0.339 e. The van der Waals surface area contributed by atoms with Gasteiger partial charge in [-0.15, -0.1) is 0 Å². The normalized spacial score (nSPS) is 15.7. The Morgan fingerprint density at radius 3 is 1.67 bits per heavy atom. The van der Waals surface area contributed by atoms with Crippen LogP contribution in [0.25, 0.3) is 0 Å². The molecule has 43 heavy (non-hydrogen) atoms. The van der Waals surface area contributed by atoms with E-state index in [1.165, 1.54) is 37.8 Å². The van der Waals surface area contributed by atoms with Crippen LogP contribution in [0.3, 0.4) is 0 Å². The van der Waals surface area contributed by atoms with Crippen LogP contribution in [0.15, 0.2) is 18.2 Å². The molecule has 0 fully saturated rings. The summed E-state index contributed by atoms with van der Waals surface area (Å²) in [7, 11) is 0. The van der Waals surface area contributed by atoms with Crippen molar-refractivity contribution < 1.29 is 29.3 Å². The van der Waals surface area contributed by atoms with Crippen LogP contribution in [-0.2, 0) is 4.74 Å². The first-order valence-electron chi connectivity index (χ1n) is 17.3. The molecule has 6 heteroatoms. The fourth-order valence-corrected chi connectivity index (χ4v) is 7.04. The quantitative estimate of drug-likeness (QED) is 0.0901. The number of carbonyl (C=O) groups excluding carboxylic acids is 1. The Kier molecular flexibility index (Phi) is 18.5. The van der Waals surface area contributed by atoms with Crippen LogP contribution >= 0.6 is 0 Å². The Hall–Kier alpha value is -2.37. The van der Waals surface area contributed by atoms with E-state index >= 15 is 0 Å². The predicted molar refractivity (Wildman–Crippen MR) is 176 cm³/mol. The number of hydrogen-bond acceptors (Lipinski definition) is 4. The lowest BCUT2D eigenvalue weighted by atomic mass is 9.61. The molecule has 2 N–H and O–H groups in total. The fraction of sp³-hybridized carbons (Fsp3) is 0.757. The number of benzene rings is 1. The first-order chi connectivity index (χ1) is 20.5. The van der Waals surface area contributed by atoms with Crippen molar-refractivity contribution >= 4 is 17.9 Å². The molecule has 0 amide bonds. The summed E-state index contributed by atoms with van der Waals surface area (Å²) in [5, 5.41) is 19.4. The van der Waals surface area contributed by atoms with E-state index in [2.05, 4.69) is 48.5 Å². The molecule has 0 saturated carbocycles. The molecule has 0 aromatic heterocycles. The number of unbranched alkanes of at least 4 members (excludes halogenated alkanes) is 8. The van der Waals surface area contributed by atoms with Crippen molar-refractivity contribution in [2.24, 2.45) is 23.7 Å². The highest BCUT2D eigenvalue weighted by Gasteiger charge is 2.52. The third-order valence-corrected chi connectivity index (χ3v) is 9.66. The second kappa shape index (κ2) is 20.6. The van der Waals surface area contributed by atoms with Gasteiger partial charge >= 0.3 is 17.9 Å². The van der Waals surface area contributed by atoms with E-state index in [4.69, 9.17) is 4.74 Å². The Labute approximate surface area is 262 Å². The second-order valence-corrected chi connectivity index (χ2v) is 13.0. The third-order valence-electron chi connectivity index (χ3n) is 9.66. The van der Waals surface area contributed by atoms with Crippen molar-refractivity contribution in [1.29, 1.82) is 0 Å². The molecule has 4 unspecified atom stereocenters. The minimum absolute atomic E-state index is 0.0771. The van der Waals surface area contributed by atoms with Crippen molar-refractivity contribution in [2.75, 3.05) is 0 Å². The Balaban J connectivity index is 3.76. The number of carbonyl (C=O) groups is 3. The molecule has 1 aromatic carbocycles. The number of ether oxygens (including phenoxy) is 1. The van der Waals surface area contributed by atoms with Gasteiger partial charge in [0.25, 0.3) is 0 Å². The maximum absolute atomic E-state index is 14.2. The fourth-order valence-electron chi connectivity index (χ4n) is 7.04. The minimum Gasteiger partial charge on any atom is -0.478 e. The Morgan fingerprint density at radius 1 is 0.651 bits per heavy atom. The summed E-state index contributed by atoms with van der Waals surface area (Å²) < 4.78 is 6.84. The number of aromatic carboxylic acids is 2. The standard InChI is InChI=1S/C37H62O6/c1-8-12-16-17-18-19-23-33(27(5)20-13-9-2)37(28(6)21-14-10-3,29(7)22-15-11-4)43-36(42)31-25-24-30(34(38)39)26-32(31)35(40)41/h24-29,33H,8-23H2,1-7H3,(H,38,39)(H,40,41). The van der Waals surface area contributed by atoms with Crippen LogP contribution in [0.2, 0.25) is 0 Å². The lowest BCUT2D eigenvalue weighted by Gasteiger charge is -2.51. The van der Waals surface area contributed by atoms with Gasteiger partial charge in [-0.2, -0.15) is 0 Å². The van der Waals surface area contributed by atoms with Crippen LogP contribution in [0.4, 0.5) is 0 Å². The van der Waals surface area contributed by atoms with Crippen LogP contribution in [0, 0.1) is 23.7 Å². The molecule has 0 spiro atoms. The molecule has 1 rings (SSSR count). The summed E-state index contributed by atoms with van der Waals surface area (Å²) in [5.74, 6) is -2.57. The number of esters is 1. The molecule has 1 aromatic rings. The SMILES string of the molecule is CCCCCCCCC(C(C)CCCC)C(OC(=O)c1ccc(C(=O)O)cc1C(=O)O)(C(C)CCCC)C(C)CCCC. The molecule has 0 bridgehead atoms. The summed E-state index contributed by atoms with van der Waals surface area (Å²) in [4.78, 5) is 38.0. The number of hydrogen-bond donors (Lipinski definition) is 2. The molecule has 0 heterocycles. The minimum atomic E-state index is -1.33. The van der Waals surface area contributed by atoms with Crippen molar-refractivity contribution in [3.8, 4) is 0 Å². The van der Waals surface area contributed by atoms with Gasteiger partial charge in [0.15, 0.2) is 0 Å². The van der Waals surface area contributed by atoms with Gasteiger partial charge < -0.3 is 14.9 Å². The average molecular weight is 603 g/mol. The van der Waals surface area contributed by atoms with Crippen molar-refractivity contribution in [2.45, 2.75) is 157 Å². The van der Waals surface area contributed by atoms with Gasteiger partial charge in [-0.1, -0.05) is 132 Å². The van der Waals surface area contributed by atoms with E-state index in [1.807, 2.05) is 0 Å². The third kappa shape index (κ3) is 11.6. The molecular formula is C37H62O6. The number of carboxylic acid groups (broad SMARTS) is 2. The van der Waals surface area contributed by atoms with Crippen molar-refractivity contribution in [3.05, 3.63) is 34.9 Å². The number of carboxylic acids is 2. The first kappa shape index (κ1) is 38.7. The first-order valence-corrected chi connectivity index (χ1v) is 17.3. The summed E-state index contributed by atoms with van der Waals surface area (Å²) >= 11 is 0. The monoisotopic (exact) mass is 602 g/mol. The summed E-state index contributed by atoms with van der Waals surface area (Å²) in [6.45, 7) is 15.6. The lowest BCUT2D eigenvalue weighted by Crippen LogP contribution is -2.55. The van der Waals surface area contributed by atoms with Gasteiger partial charge in [0, 0.05) is 5.92 Å². The average Bonchev–Trinajstić information content (AvgIpc) is 2.99. The maximum atomic E-state index is 14.2. The molecule has 0 radical (unpaired) electrons. The van der Waals surface area contributed by atoms with Gasteiger partial charge in [0.1, 0.15) is 5.60 Å².